The molecule has 0 saturated carbocycles. The molecule has 2 heterocycles. The van der Waals surface area contributed by atoms with Crippen molar-refractivity contribution < 1.29 is 28.2 Å². The summed E-state index contributed by atoms with van der Waals surface area (Å²) in [6, 6.07) is 14.5. The predicted octanol–water partition coefficient (Wildman–Crippen LogP) is 4.58. The maximum atomic E-state index is 14.3. The standard InChI is InChI=1S/C29H37FN2O5/c1-5-35-22-15-13-21(14-16-22)9-8-10-23(26-28(34)37-29(3,4)36-26)27(33)32-18-17-31(19-20(32)2)25-12-7-6-11-24(25)30/h6-7,11-16,20,23,26H,5,8-10,17-19H2,1-4H3/t20-,23-,26+/m1/s1. The van der Waals surface area contributed by atoms with Crippen LogP contribution in [0.2, 0.25) is 0 Å². The van der Waals surface area contributed by atoms with Crippen LogP contribution in [0.4, 0.5) is 10.1 Å². The Morgan fingerprint density at radius 3 is 2.51 bits per heavy atom. The number of cyclic esters (lactones) is 1. The summed E-state index contributed by atoms with van der Waals surface area (Å²) in [4.78, 5) is 30.3. The number of benzene rings is 2. The summed E-state index contributed by atoms with van der Waals surface area (Å²) in [5, 5.41) is 0. The van der Waals surface area contributed by atoms with E-state index in [0.717, 1.165) is 17.7 Å². The van der Waals surface area contributed by atoms with Gasteiger partial charge in [-0.25, -0.2) is 9.18 Å². The summed E-state index contributed by atoms with van der Waals surface area (Å²) in [5.41, 5.74) is 1.68. The van der Waals surface area contributed by atoms with E-state index in [4.69, 9.17) is 14.2 Å². The van der Waals surface area contributed by atoms with E-state index in [1.54, 1.807) is 30.9 Å². The maximum absolute atomic E-state index is 14.3. The molecular weight excluding hydrogens is 475 g/mol. The molecule has 2 aromatic carbocycles. The Kier molecular flexibility index (Phi) is 8.37. The van der Waals surface area contributed by atoms with E-state index in [-0.39, 0.29) is 17.8 Å². The SMILES string of the molecule is CCOc1ccc(CCC[C@@H](C(=O)N2CCN(c3ccccc3F)C[C@H]2C)[C@@H]2OC(C)(C)OC2=O)cc1. The van der Waals surface area contributed by atoms with E-state index < -0.39 is 23.8 Å². The van der Waals surface area contributed by atoms with Crippen LogP contribution in [-0.2, 0) is 25.5 Å². The second-order valence-electron chi connectivity index (χ2n) is 10.2. The number of anilines is 1. The number of rotatable bonds is 9. The number of nitrogens with zero attached hydrogens (tertiary/aromatic N) is 2. The molecule has 2 aliphatic rings. The first-order chi connectivity index (χ1) is 17.7. The number of ether oxygens (including phenoxy) is 3. The highest BCUT2D eigenvalue weighted by Crippen LogP contribution is 2.33. The van der Waals surface area contributed by atoms with Crippen molar-refractivity contribution in [3.63, 3.8) is 0 Å². The summed E-state index contributed by atoms with van der Waals surface area (Å²) in [6.45, 7) is 9.34. The summed E-state index contributed by atoms with van der Waals surface area (Å²) in [6.07, 6.45) is 1.02. The van der Waals surface area contributed by atoms with Gasteiger partial charge in [-0.05, 0) is 62.9 Å². The Bertz CT molecular complexity index is 1090. The average molecular weight is 513 g/mol. The average Bonchev–Trinajstić information content (AvgIpc) is 3.14. The number of aryl methyl sites for hydroxylation is 1. The number of carbonyl (C=O) groups excluding carboxylic acids is 2. The van der Waals surface area contributed by atoms with Gasteiger partial charge in [0.1, 0.15) is 11.6 Å². The van der Waals surface area contributed by atoms with Gasteiger partial charge in [0.25, 0.3) is 0 Å². The van der Waals surface area contributed by atoms with Gasteiger partial charge >= 0.3 is 5.97 Å². The fourth-order valence-electron chi connectivity index (χ4n) is 5.20. The number of piperazine rings is 1. The molecular formula is C29H37FN2O5. The predicted molar refractivity (Wildman–Crippen MR) is 139 cm³/mol. The third-order valence-electron chi connectivity index (χ3n) is 6.99. The van der Waals surface area contributed by atoms with Crippen molar-refractivity contribution in [3.8, 4) is 5.75 Å². The van der Waals surface area contributed by atoms with Gasteiger partial charge in [-0.2, -0.15) is 0 Å². The third-order valence-corrected chi connectivity index (χ3v) is 6.99. The van der Waals surface area contributed by atoms with Crippen molar-refractivity contribution in [2.75, 3.05) is 31.1 Å². The molecule has 0 unspecified atom stereocenters. The molecule has 2 fully saturated rings. The summed E-state index contributed by atoms with van der Waals surface area (Å²) in [7, 11) is 0. The second-order valence-corrected chi connectivity index (χ2v) is 10.2. The normalized spacial score (nSPS) is 22.0. The largest absolute Gasteiger partial charge is 0.494 e. The van der Waals surface area contributed by atoms with E-state index in [2.05, 4.69) is 0 Å². The van der Waals surface area contributed by atoms with Crippen molar-refractivity contribution in [1.29, 1.82) is 0 Å². The minimum Gasteiger partial charge on any atom is -0.494 e. The minimum atomic E-state index is -1.06. The zero-order chi connectivity index (χ0) is 26.6. The number of esters is 1. The van der Waals surface area contributed by atoms with Gasteiger partial charge in [-0.1, -0.05) is 24.3 Å². The lowest BCUT2D eigenvalue weighted by Gasteiger charge is -2.42. The topological polar surface area (TPSA) is 68.3 Å². The molecule has 0 radical (unpaired) electrons. The van der Waals surface area contributed by atoms with Gasteiger partial charge in [0.2, 0.25) is 11.7 Å². The lowest BCUT2D eigenvalue weighted by Crippen LogP contribution is -2.57. The van der Waals surface area contributed by atoms with E-state index in [9.17, 15) is 14.0 Å². The van der Waals surface area contributed by atoms with Gasteiger partial charge in [-0.3, -0.25) is 4.79 Å². The highest BCUT2D eigenvalue weighted by atomic mass is 19.1. The molecule has 0 bridgehead atoms. The fraction of sp³-hybridized carbons (Fsp3) is 0.517. The molecule has 0 spiro atoms. The number of amides is 1. The van der Waals surface area contributed by atoms with Crippen LogP contribution in [0.3, 0.4) is 0 Å². The monoisotopic (exact) mass is 512 g/mol. The lowest BCUT2D eigenvalue weighted by molar-refractivity contribution is -0.163. The summed E-state index contributed by atoms with van der Waals surface area (Å²) in [5.74, 6) is -1.78. The Morgan fingerprint density at radius 2 is 1.89 bits per heavy atom. The van der Waals surface area contributed by atoms with Crippen molar-refractivity contribution in [2.24, 2.45) is 5.92 Å². The van der Waals surface area contributed by atoms with Crippen LogP contribution in [0, 0.1) is 11.7 Å². The second kappa shape index (κ2) is 11.5. The van der Waals surface area contributed by atoms with Crippen LogP contribution >= 0.6 is 0 Å². The number of para-hydroxylation sites is 1. The highest BCUT2D eigenvalue weighted by molar-refractivity contribution is 5.88. The van der Waals surface area contributed by atoms with Gasteiger partial charge in [0.05, 0.1) is 18.2 Å². The molecule has 37 heavy (non-hydrogen) atoms. The smallest absolute Gasteiger partial charge is 0.338 e. The zero-order valence-corrected chi connectivity index (χ0v) is 22.1. The molecule has 8 heteroatoms. The van der Waals surface area contributed by atoms with Gasteiger partial charge in [0.15, 0.2) is 6.10 Å². The number of hydrogen-bond donors (Lipinski definition) is 0. The molecule has 2 aromatic rings. The Hall–Kier alpha value is -3.13. The van der Waals surface area contributed by atoms with Crippen LogP contribution in [0.5, 0.6) is 5.75 Å². The molecule has 2 aliphatic heterocycles. The Morgan fingerprint density at radius 1 is 1.16 bits per heavy atom. The fourth-order valence-corrected chi connectivity index (χ4v) is 5.20. The summed E-state index contributed by atoms with van der Waals surface area (Å²) < 4.78 is 31.2. The third kappa shape index (κ3) is 6.42. The highest BCUT2D eigenvalue weighted by Gasteiger charge is 2.49. The van der Waals surface area contributed by atoms with Gasteiger partial charge < -0.3 is 24.0 Å². The van der Waals surface area contributed by atoms with Crippen LogP contribution in [-0.4, -0.2) is 61.0 Å². The number of halogens is 1. The van der Waals surface area contributed by atoms with Gasteiger partial charge in [-0.15, -0.1) is 0 Å². The molecule has 7 nitrogen and oxygen atoms in total. The van der Waals surface area contributed by atoms with Crippen molar-refractivity contribution in [1.82, 2.24) is 4.90 Å². The number of hydrogen-bond acceptors (Lipinski definition) is 6. The minimum absolute atomic E-state index is 0.118. The first kappa shape index (κ1) is 26.9. The van der Waals surface area contributed by atoms with Crippen LogP contribution in [0.15, 0.2) is 48.5 Å². The van der Waals surface area contributed by atoms with E-state index in [1.165, 1.54) is 6.07 Å². The molecule has 200 valence electrons. The molecule has 4 rings (SSSR count). The molecule has 1 amide bonds. The Labute approximate surface area is 218 Å². The first-order valence-corrected chi connectivity index (χ1v) is 13.1. The lowest BCUT2D eigenvalue weighted by atomic mass is 9.92. The van der Waals surface area contributed by atoms with Crippen molar-refractivity contribution >= 4 is 17.6 Å². The molecule has 2 saturated heterocycles. The molecule has 3 atom stereocenters. The summed E-state index contributed by atoms with van der Waals surface area (Å²) >= 11 is 0. The first-order valence-electron chi connectivity index (χ1n) is 13.1. The van der Waals surface area contributed by atoms with Crippen LogP contribution in [0.25, 0.3) is 0 Å². The van der Waals surface area contributed by atoms with Crippen molar-refractivity contribution in [3.05, 3.63) is 59.9 Å². The van der Waals surface area contributed by atoms with E-state index >= 15 is 0 Å². The molecule has 0 N–H and O–H groups in total. The van der Waals surface area contributed by atoms with Crippen LogP contribution < -0.4 is 9.64 Å². The van der Waals surface area contributed by atoms with Crippen LogP contribution in [0.1, 0.15) is 46.1 Å². The maximum Gasteiger partial charge on any atom is 0.338 e. The quantitative estimate of drug-likeness (QED) is 0.458. The molecule has 0 aromatic heterocycles. The van der Waals surface area contributed by atoms with Gasteiger partial charge in [0, 0.05) is 39.5 Å². The molecule has 0 aliphatic carbocycles. The van der Waals surface area contributed by atoms with Crippen molar-refractivity contribution in [2.45, 2.75) is 64.9 Å². The van der Waals surface area contributed by atoms with E-state index in [0.29, 0.717) is 44.8 Å². The zero-order valence-electron chi connectivity index (χ0n) is 22.1. The van der Waals surface area contributed by atoms with E-state index in [1.807, 2.05) is 49.1 Å². The Balaban J connectivity index is 1.44. The number of carbonyl (C=O) groups is 2.